The van der Waals surface area contributed by atoms with Crippen molar-refractivity contribution in [3.63, 3.8) is 0 Å². The molecule has 0 saturated heterocycles. The maximum atomic E-state index is 5.60. The number of para-hydroxylation sites is 2. The van der Waals surface area contributed by atoms with Gasteiger partial charge in [-0.3, -0.25) is 4.57 Å². The summed E-state index contributed by atoms with van der Waals surface area (Å²) in [5, 5.41) is 9.77. The molecule has 12 aromatic rings. The molecule has 240 valence electrons. The van der Waals surface area contributed by atoms with Crippen molar-refractivity contribution in [2.75, 3.05) is 0 Å². The lowest BCUT2D eigenvalue weighted by Crippen LogP contribution is -2.04. The number of hydrogen-bond donors (Lipinski definition) is 0. The van der Waals surface area contributed by atoms with Gasteiger partial charge in [-0.25, -0.2) is 9.97 Å². The van der Waals surface area contributed by atoms with Gasteiger partial charge in [-0.15, -0.1) is 0 Å². The van der Waals surface area contributed by atoms with Crippen molar-refractivity contribution >= 4 is 81.7 Å². The van der Waals surface area contributed by atoms with E-state index in [9.17, 15) is 0 Å². The Morgan fingerprint density at radius 3 is 1.83 bits per heavy atom. The lowest BCUT2D eigenvalue weighted by Gasteiger charge is -2.15. The minimum atomic E-state index is 0.820. The Morgan fingerprint density at radius 2 is 0.981 bits per heavy atom. The van der Waals surface area contributed by atoms with E-state index in [-0.39, 0.29) is 0 Å². The van der Waals surface area contributed by atoms with Crippen LogP contribution < -0.4 is 0 Å². The molecule has 0 unspecified atom stereocenters. The molecule has 8 aromatic carbocycles. The van der Waals surface area contributed by atoms with Crippen LogP contribution in [0.2, 0.25) is 0 Å². The SMILES string of the molecule is c1ccc(-c2nc3cc4cccc(-c5ccccc5)c4cc3nc2-n2c3cccc4c5cccc6c7ccccc7n(c7cccc2c7c43)c56)cc1. The number of fused-ring (bicyclic) bond motifs is 7. The zero-order valence-electron chi connectivity index (χ0n) is 28.0. The van der Waals surface area contributed by atoms with Gasteiger partial charge in [-0.05, 0) is 63.7 Å². The predicted molar refractivity (Wildman–Crippen MR) is 217 cm³/mol. The van der Waals surface area contributed by atoms with Gasteiger partial charge >= 0.3 is 0 Å². The Morgan fingerprint density at radius 1 is 0.385 bits per heavy atom. The van der Waals surface area contributed by atoms with Crippen molar-refractivity contribution in [2.45, 2.75) is 0 Å². The first-order chi connectivity index (χ1) is 25.8. The molecule has 0 aliphatic carbocycles. The van der Waals surface area contributed by atoms with Crippen molar-refractivity contribution in [1.29, 1.82) is 0 Å². The van der Waals surface area contributed by atoms with Crippen LogP contribution in [0.1, 0.15) is 0 Å². The molecule has 4 nitrogen and oxygen atoms in total. The number of rotatable bonds is 3. The second kappa shape index (κ2) is 10.3. The molecule has 0 N–H and O–H groups in total. The van der Waals surface area contributed by atoms with Gasteiger partial charge in [-0.2, -0.15) is 0 Å². The lowest BCUT2D eigenvalue weighted by atomic mass is 9.97. The van der Waals surface area contributed by atoms with Crippen LogP contribution in [0, 0.1) is 0 Å². The number of nitrogens with zero attached hydrogens (tertiary/aromatic N) is 4. The summed E-state index contributed by atoms with van der Waals surface area (Å²) in [5.74, 6) is 0.820. The fourth-order valence-electron chi connectivity index (χ4n) is 8.85. The smallest absolute Gasteiger partial charge is 0.165 e. The van der Waals surface area contributed by atoms with Crippen molar-refractivity contribution in [1.82, 2.24) is 18.9 Å². The molecule has 0 fully saturated rings. The molecule has 0 saturated carbocycles. The molecule has 0 bridgehead atoms. The Balaban J connectivity index is 1.26. The van der Waals surface area contributed by atoms with Gasteiger partial charge in [0.15, 0.2) is 5.82 Å². The standard InChI is InChI=1S/C48H28N4/c1-3-13-29(14-4-1)32-19-9-17-31-27-38-39(28-37(31)32)50-48(46(49-38)30-15-5-2-6-16-30)52-41-24-11-20-34-36-22-10-21-35-33-18-7-8-23-40(33)51(47(35)36)42-25-12-26-43(52)45(42)44(34)41/h1-28H. The largest absolute Gasteiger partial charge is 0.308 e. The first-order valence-electron chi connectivity index (χ1n) is 17.8. The van der Waals surface area contributed by atoms with Crippen molar-refractivity contribution in [2.24, 2.45) is 0 Å². The molecule has 0 atom stereocenters. The third-order valence-electron chi connectivity index (χ3n) is 11.0. The maximum absolute atomic E-state index is 5.60. The van der Waals surface area contributed by atoms with Gasteiger partial charge in [0.1, 0.15) is 5.69 Å². The predicted octanol–water partition coefficient (Wildman–Crippen LogP) is 12.4. The van der Waals surface area contributed by atoms with E-state index < -0.39 is 0 Å². The van der Waals surface area contributed by atoms with Crippen LogP contribution in [-0.2, 0) is 0 Å². The minimum Gasteiger partial charge on any atom is -0.308 e. The molecule has 0 aliphatic rings. The second-order valence-corrected chi connectivity index (χ2v) is 13.8. The summed E-state index contributed by atoms with van der Waals surface area (Å²) in [6.45, 7) is 0. The minimum absolute atomic E-state index is 0.820. The van der Waals surface area contributed by atoms with E-state index in [4.69, 9.17) is 9.97 Å². The van der Waals surface area contributed by atoms with Gasteiger partial charge in [0, 0.05) is 32.5 Å². The second-order valence-electron chi connectivity index (χ2n) is 13.8. The highest BCUT2D eigenvalue weighted by molar-refractivity contribution is 6.31. The van der Waals surface area contributed by atoms with Gasteiger partial charge < -0.3 is 4.40 Å². The summed E-state index contributed by atoms with van der Waals surface area (Å²) in [4.78, 5) is 11.1. The third-order valence-corrected chi connectivity index (χ3v) is 11.0. The van der Waals surface area contributed by atoms with Gasteiger partial charge in [-0.1, -0.05) is 133 Å². The van der Waals surface area contributed by atoms with E-state index in [0.29, 0.717) is 0 Å². The van der Waals surface area contributed by atoms with E-state index in [0.717, 1.165) is 49.9 Å². The van der Waals surface area contributed by atoms with Gasteiger partial charge in [0.25, 0.3) is 0 Å². The van der Waals surface area contributed by atoms with Crippen LogP contribution in [0.3, 0.4) is 0 Å². The Hall–Kier alpha value is -7.04. The van der Waals surface area contributed by atoms with Crippen molar-refractivity contribution < 1.29 is 0 Å². The molecule has 12 rings (SSSR count). The van der Waals surface area contributed by atoms with Crippen molar-refractivity contribution in [3.05, 3.63) is 170 Å². The van der Waals surface area contributed by atoms with Crippen LogP contribution in [-0.4, -0.2) is 18.9 Å². The summed E-state index contributed by atoms with van der Waals surface area (Å²) < 4.78 is 4.84. The third kappa shape index (κ3) is 3.65. The molecule has 4 aromatic heterocycles. The van der Waals surface area contributed by atoms with E-state index in [1.807, 2.05) is 0 Å². The maximum Gasteiger partial charge on any atom is 0.165 e. The molecule has 0 radical (unpaired) electrons. The lowest BCUT2D eigenvalue weighted by molar-refractivity contribution is 1.08. The normalized spacial score (nSPS) is 12.2. The van der Waals surface area contributed by atoms with Crippen LogP contribution in [0.5, 0.6) is 0 Å². The first-order valence-corrected chi connectivity index (χ1v) is 17.8. The fraction of sp³-hybridized carbons (Fsp3) is 0. The highest BCUT2D eigenvalue weighted by Crippen LogP contribution is 2.45. The van der Waals surface area contributed by atoms with Crippen LogP contribution >= 0.6 is 0 Å². The molecule has 0 aliphatic heterocycles. The van der Waals surface area contributed by atoms with E-state index in [1.165, 1.54) is 60.0 Å². The Labute approximate surface area is 297 Å². The van der Waals surface area contributed by atoms with E-state index in [1.54, 1.807) is 0 Å². The Kier molecular flexibility index (Phi) is 5.47. The first kappa shape index (κ1) is 27.7. The highest BCUT2D eigenvalue weighted by Gasteiger charge is 2.24. The fourth-order valence-corrected chi connectivity index (χ4v) is 8.85. The van der Waals surface area contributed by atoms with Crippen LogP contribution in [0.25, 0.3) is 110 Å². The number of hydrogen-bond acceptors (Lipinski definition) is 2. The van der Waals surface area contributed by atoms with E-state index >= 15 is 0 Å². The topological polar surface area (TPSA) is 35.1 Å². The zero-order valence-corrected chi connectivity index (χ0v) is 28.0. The molecule has 0 amide bonds. The van der Waals surface area contributed by atoms with Crippen LogP contribution in [0.15, 0.2) is 170 Å². The van der Waals surface area contributed by atoms with Gasteiger partial charge in [0.2, 0.25) is 0 Å². The average molecular weight is 661 g/mol. The van der Waals surface area contributed by atoms with E-state index in [2.05, 4.69) is 179 Å². The number of aromatic nitrogens is 4. The summed E-state index contributed by atoms with van der Waals surface area (Å²) in [7, 11) is 0. The molecule has 4 heteroatoms. The molecular weight excluding hydrogens is 633 g/mol. The Bertz CT molecular complexity index is 3390. The average Bonchev–Trinajstić information content (AvgIpc) is 3.69. The molecule has 4 heterocycles. The summed E-state index contributed by atoms with van der Waals surface area (Å²) >= 11 is 0. The summed E-state index contributed by atoms with van der Waals surface area (Å²) in [6.07, 6.45) is 0. The summed E-state index contributed by atoms with van der Waals surface area (Å²) in [5.41, 5.74) is 11.9. The summed E-state index contributed by atoms with van der Waals surface area (Å²) in [6, 6.07) is 61.0. The van der Waals surface area contributed by atoms with Crippen molar-refractivity contribution in [3.8, 4) is 28.2 Å². The highest BCUT2D eigenvalue weighted by atomic mass is 15.1. The number of benzene rings is 8. The molecule has 52 heavy (non-hydrogen) atoms. The quantitative estimate of drug-likeness (QED) is 0.177. The van der Waals surface area contributed by atoms with Crippen LogP contribution in [0.4, 0.5) is 0 Å². The zero-order chi connectivity index (χ0) is 33.9. The van der Waals surface area contributed by atoms with Gasteiger partial charge in [0.05, 0.1) is 38.6 Å². The molecule has 0 spiro atoms. The monoisotopic (exact) mass is 660 g/mol. The molecular formula is C48H28N4.